The lowest BCUT2D eigenvalue weighted by molar-refractivity contribution is 0.194. The summed E-state index contributed by atoms with van der Waals surface area (Å²) in [6.07, 6.45) is 7.94. The molecule has 2 aliphatic rings. The van der Waals surface area contributed by atoms with Crippen LogP contribution in [0.25, 0.3) is 10.1 Å². The van der Waals surface area contributed by atoms with Gasteiger partial charge in [0.1, 0.15) is 5.82 Å². The molecule has 2 aromatic rings. The predicted octanol–water partition coefficient (Wildman–Crippen LogP) is 3.64. The van der Waals surface area contributed by atoms with Crippen LogP contribution in [0, 0.1) is 5.92 Å². The van der Waals surface area contributed by atoms with Gasteiger partial charge in [0, 0.05) is 62.6 Å². The Balaban J connectivity index is 1.18. The normalized spacial score (nSPS) is 23.3. The summed E-state index contributed by atoms with van der Waals surface area (Å²) in [4.78, 5) is 23.2. The highest BCUT2D eigenvalue weighted by atomic mass is 32.1. The summed E-state index contributed by atoms with van der Waals surface area (Å²) in [7, 11) is 3.61. The summed E-state index contributed by atoms with van der Waals surface area (Å²) in [6, 6.07) is 4.71. The lowest BCUT2D eigenvalue weighted by Gasteiger charge is -2.37. The molecule has 0 atom stereocenters. The average Bonchev–Trinajstić information content (AvgIpc) is 3.22. The summed E-state index contributed by atoms with van der Waals surface area (Å²) in [5.74, 6) is 1.96. The van der Waals surface area contributed by atoms with Gasteiger partial charge in [-0.05, 0) is 62.1 Å². The fourth-order valence-corrected chi connectivity index (χ4v) is 5.36. The number of pyridine rings is 1. The molecule has 1 saturated carbocycles. The minimum atomic E-state index is 0.0407. The Hall–Kier alpha value is -1.86. The van der Waals surface area contributed by atoms with Crippen LogP contribution in [-0.2, 0) is 0 Å². The zero-order valence-corrected chi connectivity index (χ0v) is 18.5. The van der Waals surface area contributed by atoms with Gasteiger partial charge in [0.2, 0.25) is 0 Å². The van der Waals surface area contributed by atoms with Crippen LogP contribution in [0.5, 0.6) is 0 Å². The van der Waals surface area contributed by atoms with E-state index in [2.05, 4.69) is 37.6 Å². The third kappa shape index (κ3) is 5.01. The molecule has 2 aromatic heterocycles. The number of amides is 2. The summed E-state index contributed by atoms with van der Waals surface area (Å²) >= 11 is 1.79. The monoisotopic (exact) mass is 415 g/mol. The van der Waals surface area contributed by atoms with Gasteiger partial charge in [-0.3, -0.25) is 4.90 Å². The molecule has 0 radical (unpaired) electrons. The van der Waals surface area contributed by atoms with E-state index in [0.29, 0.717) is 6.04 Å². The number of urea groups is 1. The van der Waals surface area contributed by atoms with Crippen molar-refractivity contribution in [2.45, 2.75) is 38.1 Å². The number of nitrogens with one attached hydrogen (secondary N) is 1. The maximum Gasteiger partial charge on any atom is 0.317 e. The molecule has 1 saturated heterocycles. The van der Waals surface area contributed by atoms with Crippen molar-refractivity contribution in [2.75, 3.05) is 51.7 Å². The highest BCUT2D eigenvalue weighted by Gasteiger charge is 2.24. The molecule has 1 aliphatic heterocycles. The quantitative estimate of drug-likeness (QED) is 0.810. The molecule has 1 aliphatic carbocycles. The number of anilines is 1. The second-order valence-corrected chi connectivity index (χ2v) is 9.59. The third-order valence-electron chi connectivity index (χ3n) is 6.46. The highest BCUT2D eigenvalue weighted by Crippen LogP contribution is 2.30. The molecule has 6 nitrogen and oxygen atoms in total. The maximum atomic E-state index is 11.8. The standard InChI is InChI=1S/C22H33N5OS/c1-25(2)22(28)24-18-5-3-17(4-6-18)8-11-26-12-14-27(15-13-26)21-19-9-16-29-20(19)7-10-23-21/h7,9-10,16-18H,3-6,8,11-15H2,1-2H3,(H,24,28). The Bertz CT molecular complexity index is 806. The first-order valence-electron chi connectivity index (χ1n) is 10.9. The van der Waals surface area contributed by atoms with Crippen molar-refractivity contribution in [3.05, 3.63) is 23.7 Å². The van der Waals surface area contributed by atoms with Crippen molar-refractivity contribution >= 4 is 33.3 Å². The maximum absolute atomic E-state index is 11.8. The van der Waals surface area contributed by atoms with E-state index in [9.17, 15) is 4.79 Å². The predicted molar refractivity (Wildman–Crippen MR) is 121 cm³/mol. The topological polar surface area (TPSA) is 51.7 Å². The van der Waals surface area contributed by atoms with Gasteiger partial charge in [-0.1, -0.05) is 0 Å². The molecule has 3 heterocycles. The van der Waals surface area contributed by atoms with Crippen LogP contribution in [0.1, 0.15) is 32.1 Å². The molecular weight excluding hydrogens is 382 g/mol. The van der Waals surface area contributed by atoms with Crippen molar-refractivity contribution in [3.8, 4) is 0 Å². The van der Waals surface area contributed by atoms with Crippen molar-refractivity contribution in [3.63, 3.8) is 0 Å². The zero-order chi connectivity index (χ0) is 20.2. The molecule has 0 unspecified atom stereocenters. The molecule has 0 spiro atoms. The zero-order valence-electron chi connectivity index (χ0n) is 17.6. The van der Waals surface area contributed by atoms with Crippen molar-refractivity contribution in [2.24, 2.45) is 5.92 Å². The molecule has 0 bridgehead atoms. The van der Waals surface area contributed by atoms with Crippen LogP contribution in [0.2, 0.25) is 0 Å². The number of piperazine rings is 1. The number of hydrogen-bond donors (Lipinski definition) is 1. The second kappa shape index (κ2) is 9.30. The van der Waals surface area contributed by atoms with E-state index >= 15 is 0 Å². The van der Waals surface area contributed by atoms with Gasteiger partial charge in [0.25, 0.3) is 0 Å². The van der Waals surface area contributed by atoms with Crippen LogP contribution < -0.4 is 10.2 Å². The van der Waals surface area contributed by atoms with Gasteiger partial charge in [0.15, 0.2) is 0 Å². The number of thiophene rings is 1. The summed E-state index contributed by atoms with van der Waals surface area (Å²) < 4.78 is 1.33. The van der Waals surface area contributed by atoms with E-state index in [4.69, 9.17) is 0 Å². The van der Waals surface area contributed by atoms with E-state index in [1.54, 1.807) is 30.3 Å². The lowest BCUT2D eigenvalue weighted by atomic mass is 9.84. The summed E-state index contributed by atoms with van der Waals surface area (Å²) in [5.41, 5.74) is 0. The number of rotatable bonds is 5. The van der Waals surface area contributed by atoms with E-state index in [1.165, 1.54) is 35.9 Å². The molecule has 29 heavy (non-hydrogen) atoms. The molecule has 0 aromatic carbocycles. The van der Waals surface area contributed by atoms with Gasteiger partial charge in [-0.2, -0.15) is 0 Å². The Morgan fingerprint density at radius 3 is 2.66 bits per heavy atom. The van der Waals surface area contributed by atoms with E-state index in [-0.39, 0.29) is 6.03 Å². The van der Waals surface area contributed by atoms with Gasteiger partial charge in [-0.15, -0.1) is 11.3 Å². The second-order valence-electron chi connectivity index (χ2n) is 8.65. The minimum absolute atomic E-state index is 0.0407. The molecular formula is C22H33N5OS. The number of aromatic nitrogens is 1. The average molecular weight is 416 g/mol. The number of carbonyl (C=O) groups is 1. The number of nitrogens with zero attached hydrogens (tertiary/aromatic N) is 4. The van der Waals surface area contributed by atoms with Crippen molar-refractivity contribution < 1.29 is 4.79 Å². The van der Waals surface area contributed by atoms with E-state index in [0.717, 1.165) is 50.8 Å². The van der Waals surface area contributed by atoms with Crippen LogP contribution >= 0.6 is 11.3 Å². The molecule has 1 N–H and O–H groups in total. The highest BCUT2D eigenvalue weighted by molar-refractivity contribution is 7.17. The molecule has 2 fully saturated rings. The minimum Gasteiger partial charge on any atom is -0.354 e. The smallest absolute Gasteiger partial charge is 0.317 e. The number of carbonyl (C=O) groups excluding carboxylic acids is 1. The van der Waals surface area contributed by atoms with Gasteiger partial charge < -0.3 is 15.1 Å². The first-order valence-corrected chi connectivity index (χ1v) is 11.8. The van der Waals surface area contributed by atoms with Crippen LogP contribution in [-0.4, -0.2) is 73.7 Å². The first-order chi connectivity index (χ1) is 14.1. The number of fused-ring (bicyclic) bond motifs is 1. The SMILES string of the molecule is CN(C)C(=O)NC1CCC(CCN2CCN(c3nccc4sccc34)CC2)CC1. The Morgan fingerprint density at radius 2 is 1.93 bits per heavy atom. The van der Waals surface area contributed by atoms with Crippen molar-refractivity contribution in [1.29, 1.82) is 0 Å². The Labute approximate surface area is 177 Å². The van der Waals surface area contributed by atoms with Crippen LogP contribution in [0.3, 0.4) is 0 Å². The molecule has 7 heteroatoms. The first kappa shape index (κ1) is 20.4. The van der Waals surface area contributed by atoms with Gasteiger partial charge in [-0.25, -0.2) is 9.78 Å². The Morgan fingerprint density at radius 1 is 1.17 bits per heavy atom. The van der Waals surface area contributed by atoms with Crippen LogP contribution in [0.4, 0.5) is 10.6 Å². The Kier molecular flexibility index (Phi) is 6.55. The largest absolute Gasteiger partial charge is 0.354 e. The molecule has 4 rings (SSSR count). The fraction of sp³-hybridized carbons (Fsp3) is 0.636. The fourth-order valence-electron chi connectivity index (χ4n) is 4.58. The van der Waals surface area contributed by atoms with E-state index < -0.39 is 0 Å². The summed E-state index contributed by atoms with van der Waals surface area (Å²) in [6.45, 7) is 5.56. The molecule has 2 amide bonds. The molecule has 158 valence electrons. The lowest BCUT2D eigenvalue weighted by Crippen LogP contribution is -2.47. The third-order valence-corrected chi connectivity index (χ3v) is 7.35. The number of hydrogen-bond acceptors (Lipinski definition) is 5. The van der Waals surface area contributed by atoms with E-state index in [1.807, 2.05) is 6.20 Å². The van der Waals surface area contributed by atoms with Crippen LogP contribution in [0.15, 0.2) is 23.7 Å². The van der Waals surface area contributed by atoms with Gasteiger partial charge >= 0.3 is 6.03 Å². The van der Waals surface area contributed by atoms with Crippen molar-refractivity contribution in [1.82, 2.24) is 20.1 Å². The summed E-state index contributed by atoms with van der Waals surface area (Å²) in [5, 5.41) is 6.60. The van der Waals surface area contributed by atoms with Gasteiger partial charge in [0.05, 0.1) is 0 Å².